The maximum Gasteiger partial charge on any atom is 0.262 e. The van der Waals surface area contributed by atoms with E-state index < -0.39 is 17.9 Å². The summed E-state index contributed by atoms with van der Waals surface area (Å²) in [4.78, 5) is 39.9. The Morgan fingerprint density at radius 3 is 2.43 bits per heavy atom. The van der Waals surface area contributed by atoms with Crippen LogP contribution in [0.1, 0.15) is 44.7 Å². The van der Waals surface area contributed by atoms with Gasteiger partial charge in [0.05, 0.1) is 11.1 Å². The van der Waals surface area contributed by atoms with E-state index >= 15 is 0 Å². The molecule has 2 aromatic rings. The zero-order chi connectivity index (χ0) is 19.7. The summed E-state index contributed by atoms with van der Waals surface area (Å²) in [5.74, 6) is -0.427. The third kappa shape index (κ3) is 3.33. The van der Waals surface area contributed by atoms with Crippen LogP contribution in [0.4, 0.5) is 5.69 Å². The normalized spacial score (nSPS) is 16.1. The Morgan fingerprint density at radius 2 is 1.75 bits per heavy atom. The maximum atomic E-state index is 13.1. The minimum Gasteiger partial charge on any atom is -0.324 e. The Morgan fingerprint density at radius 1 is 1.07 bits per heavy atom. The summed E-state index contributed by atoms with van der Waals surface area (Å²) < 4.78 is 0. The van der Waals surface area contributed by atoms with E-state index in [1.807, 2.05) is 18.4 Å². The fourth-order valence-corrected chi connectivity index (χ4v) is 4.43. The summed E-state index contributed by atoms with van der Waals surface area (Å²) in [7, 11) is 0. The highest BCUT2D eigenvalue weighted by Gasteiger charge is 2.42. The van der Waals surface area contributed by atoms with Gasteiger partial charge < -0.3 is 5.32 Å². The van der Waals surface area contributed by atoms with Crippen LogP contribution in [0.5, 0.6) is 0 Å². The van der Waals surface area contributed by atoms with Crippen molar-refractivity contribution in [2.75, 3.05) is 17.3 Å². The van der Waals surface area contributed by atoms with Gasteiger partial charge in [0.15, 0.2) is 0 Å². The molecule has 0 radical (unpaired) electrons. The fourth-order valence-electron chi connectivity index (χ4n) is 3.97. The Balaban J connectivity index is 1.59. The number of nitrogens with one attached hydrogen (secondary N) is 1. The number of benzene rings is 2. The average Bonchev–Trinajstić information content (AvgIpc) is 3.26. The number of anilines is 1. The molecular formula is C22H22N2O3S. The third-order valence-corrected chi connectivity index (χ3v) is 6.05. The molecule has 6 heteroatoms. The van der Waals surface area contributed by atoms with Gasteiger partial charge in [-0.25, -0.2) is 0 Å². The molecule has 4 rings (SSSR count). The van der Waals surface area contributed by atoms with Gasteiger partial charge in [0.1, 0.15) is 6.04 Å². The van der Waals surface area contributed by atoms with Crippen LogP contribution in [-0.2, 0) is 17.6 Å². The van der Waals surface area contributed by atoms with E-state index in [-0.39, 0.29) is 5.91 Å². The van der Waals surface area contributed by atoms with Crippen LogP contribution in [-0.4, -0.2) is 40.7 Å². The first-order valence-electron chi connectivity index (χ1n) is 9.48. The molecule has 0 fully saturated rings. The van der Waals surface area contributed by atoms with Crippen molar-refractivity contribution in [1.29, 1.82) is 0 Å². The molecule has 0 spiro atoms. The lowest BCUT2D eigenvalue weighted by molar-refractivity contribution is -0.120. The lowest BCUT2D eigenvalue weighted by Crippen LogP contribution is -2.47. The smallest absolute Gasteiger partial charge is 0.262 e. The van der Waals surface area contributed by atoms with Gasteiger partial charge in [-0.05, 0) is 73.1 Å². The number of fused-ring (bicyclic) bond motifs is 2. The van der Waals surface area contributed by atoms with Crippen molar-refractivity contribution in [2.45, 2.75) is 31.7 Å². The zero-order valence-corrected chi connectivity index (χ0v) is 16.6. The molecule has 0 aromatic heterocycles. The number of imide groups is 1. The molecule has 1 atom stereocenters. The number of carbonyl (C=O) groups excluding carboxylic acids is 3. The average molecular weight is 394 g/mol. The van der Waals surface area contributed by atoms with Gasteiger partial charge in [0, 0.05) is 5.69 Å². The van der Waals surface area contributed by atoms with E-state index in [0.717, 1.165) is 29.8 Å². The fraction of sp³-hybridized carbons (Fsp3) is 0.318. The van der Waals surface area contributed by atoms with Crippen LogP contribution in [0.3, 0.4) is 0 Å². The number of hydrogen-bond acceptors (Lipinski definition) is 4. The zero-order valence-electron chi connectivity index (χ0n) is 15.7. The van der Waals surface area contributed by atoms with Crippen molar-refractivity contribution < 1.29 is 14.4 Å². The van der Waals surface area contributed by atoms with Crippen molar-refractivity contribution in [2.24, 2.45) is 0 Å². The van der Waals surface area contributed by atoms with E-state index in [9.17, 15) is 14.4 Å². The second-order valence-electron chi connectivity index (χ2n) is 7.15. The van der Waals surface area contributed by atoms with E-state index in [1.165, 1.54) is 11.1 Å². The van der Waals surface area contributed by atoms with Gasteiger partial charge in [0.2, 0.25) is 5.91 Å². The number of aryl methyl sites for hydroxylation is 2. The molecule has 2 aromatic carbocycles. The van der Waals surface area contributed by atoms with E-state index in [2.05, 4.69) is 11.4 Å². The van der Waals surface area contributed by atoms with Crippen LogP contribution in [0, 0.1) is 0 Å². The minimum atomic E-state index is -0.826. The van der Waals surface area contributed by atoms with Gasteiger partial charge in [-0.3, -0.25) is 19.3 Å². The number of hydrogen-bond donors (Lipinski definition) is 1. The van der Waals surface area contributed by atoms with Gasteiger partial charge in [-0.2, -0.15) is 11.8 Å². The molecule has 28 heavy (non-hydrogen) atoms. The summed E-state index contributed by atoms with van der Waals surface area (Å²) in [5.41, 5.74) is 4.05. The molecule has 3 amide bonds. The molecule has 5 nitrogen and oxygen atoms in total. The highest BCUT2D eigenvalue weighted by molar-refractivity contribution is 7.98. The number of nitrogens with zero attached hydrogens (tertiary/aromatic N) is 1. The Hall–Kier alpha value is -2.60. The Kier molecular flexibility index (Phi) is 5.22. The van der Waals surface area contributed by atoms with Gasteiger partial charge in [-0.1, -0.05) is 18.2 Å². The Labute approximate surface area is 168 Å². The van der Waals surface area contributed by atoms with Crippen molar-refractivity contribution in [1.82, 2.24) is 4.90 Å². The monoisotopic (exact) mass is 394 g/mol. The van der Waals surface area contributed by atoms with Crippen LogP contribution >= 0.6 is 11.8 Å². The Bertz CT molecular complexity index is 922. The molecular weight excluding hydrogens is 372 g/mol. The summed E-state index contributed by atoms with van der Waals surface area (Å²) in [6, 6.07) is 11.9. The SMILES string of the molecule is CSCCC(C(=O)Nc1ccc2c(c1)CCC2)N1C(=O)c2ccccc2C1=O. The third-order valence-electron chi connectivity index (χ3n) is 5.40. The predicted octanol–water partition coefficient (Wildman–Crippen LogP) is 3.53. The molecule has 1 aliphatic heterocycles. The highest BCUT2D eigenvalue weighted by atomic mass is 32.2. The van der Waals surface area contributed by atoms with E-state index in [0.29, 0.717) is 23.3 Å². The van der Waals surface area contributed by atoms with Crippen molar-refractivity contribution >= 4 is 35.2 Å². The maximum absolute atomic E-state index is 13.1. The standard InChI is InChI=1S/C22H22N2O3S/c1-28-12-11-19(24-21(26)17-7-2-3-8-18(17)22(24)27)20(25)23-16-10-9-14-5-4-6-15(14)13-16/h2-3,7-10,13,19H,4-6,11-12H2,1H3,(H,23,25). The molecule has 1 heterocycles. The largest absolute Gasteiger partial charge is 0.324 e. The summed E-state index contributed by atoms with van der Waals surface area (Å²) in [6.45, 7) is 0. The van der Waals surface area contributed by atoms with Crippen LogP contribution in [0.2, 0.25) is 0 Å². The summed E-state index contributed by atoms with van der Waals surface area (Å²) in [6.07, 6.45) is 5.60. The van der Waals surface area contributed by atoms with Crippen molar-refractivity contribution in [3.63, 3.8) is 0 Å². The molecule has 2 aliphatic rings. The second kappa shape index (κ2) is 7.80. The lowest BCUT2D eigenvalue weighted by Gasteiger charge is -2.25. The molecule has 0 saturated heterocycles. The van der Waals surface area contributed by atoms with Crippen LogP contribution < -0.4 is 5.32 Å². The van der Waals surface area contributed by atoms with Crippen LogP contribution in [0.15, 0.2) is 42.5 Å². The van der Waals surface area contributed by atoms with Gasteiger partial charge in [-0.15, -0.1) is 0 Å². The molecule has 144 valence electrons. The molecule has 0 saturated carbocycles. The number of amides is 3. The molecule has 0 bridgehead atoms. The molecule has 1 aliphatic carbocycles. The first-order chi connectivity index (χ1) is 13.6. The number of carbonyl (C=O) groups is 3. The predicted molar refractivity (Wildman–Crippen MR) is 111 cm³/mol. The van der Waals surface area contributed by atoms with E-state index in [4.69, 9.17) is 0 Å². The second-order valence-corrected chi connectivity index (χ2v) is 8.14. The number of rotatable bonds is 6. The minimum absolute atomic E-state index is 0.318. The summed E-state index contributed by atoms with van der Waals surface area (Å²) >= 11 is 1.59. The quantitative estimate of drug-likeness (QED) is 0.761. The highest BCUT2D eigenvalue weighted by Crippen LogP contribution is 2.28. The van der Waals surface area contributed by atoms with Crippen LogP contribution in [0.25, 0.3) is 0 Å². The first kappa shape index (κ1) is 18.7. The van der Waals surface area contributed by atoms with Crippen molar-refractivity contribution in [3.05, 3.63) is 64.7 Å². The topological polar surface area (TPSA) is 66.5 Å². The van der Waals surface area contributed by atoms with Gasteiger partial charge in [0.25, 0.3) is 11.8 Å². The van der Waals surface area contributed by atoms with Crippen molar-refractivity contribution in [3.8, 4) is 0 Å². The summed E-state index contributed by atoms with van der Waals surface area (Å²) in [5, 5.41) is 2.93. The number of thioether (sulfide) groups is 1. The first-order valence-corrected chi connectivity index (χ1v) is 10.9. The van der Waals surface area contributed by atoms with Gasteiger partial charge >= 0.3 is 0 Å². The van der Waals surface area contributed by atoms with E-state index in [1.54, 1.807) is 36.0 Å². The lowest BCUT2D eigenvalue weighted by atomic mass is 10.1. The molecule has 1 unspecified atom stereocenters. The molecule has 1 N–H and O–H groups in total.